The fourth-order valence-electron chi connectivity index (χ4n) is 2.95. The Balaban J connectivity index is 0.00000171. The summed E-state index contributed by atoms with van der Waals surface area (Å²) >= 11 is 0. The molecule has 0 saturated carbocycles. The molecule has 0 aromatic heterocycles. The molecule has 1 N–H and O–H groups in total. The third-order valence-electron chi connectivity index (χ3n) is 4.24. The van der Waals surface area contributed by atoms with Gasteiger partial charge in [-0.05, 0) is 43.2 Å². The second-order valence-electron chi connectivity index (χ2n) is 7.24. The minimum atomic E-state index is 0.0381. The molecular formula is C26H42N2. The molecule has 2 aromatic rings. The number of hydrogen-bond donors (Lipinski definition) is 1. The number of hydrogen-bond acceptors (Lipinski definition) is 2. The van der Waals surface area contributed by atoms with Gasteiger partial charge in [-0.1, -0.05) is 84.9 Å². The first kappa shape index (κ1) is 25.8. The first-order valence-electron chi connectivity index (χ1n) is 10.7. The van der Waals surface area contributed by atoms with Crippen LogP contribution in [0.3, 0.4) is 0 Å². The fraction of sp³-hybridized carbons (Fsp3) is 0.462. The van der Waals surface area contributed by atoms with Gasteiger partial charge in [-0.25, -0.2) is 0 Å². The predicted molar refractivity (Wildman–Crippen MR) is 130 cm³/mol. The predicted octanol–water partition coefficient (Wildman–Crippen LogP) is 8.00. The van der Waals surface area contributed by atoms with Gasteiger partial charge in [0.1, 0.15) is 0 Å². The van der Waals surface area contributed by atoms with E-state index in [1.165, 1.54) is 28.2 Å². The number of allylic oxidation sites excluding steroid dienone is 1. The Kier molecular flexibility index (Phi) is 12.0. The molecule has 0 saturated heterocycles. The monoisotopic (exact) mass is 382 g/mol. The van der Waals surface area contributed by atoms with Crippen LogP contribution in [0.15, 0.2) is 54.2 Å². The number of aryl methyl sites for hydroxylation is 1. The third-order valence-corrected chi connectivity index (χ3v) is 4.24. The van der Waals surface area contributed by atoms with Crippen molar-refractivity contribution in [1.82, 2.24) is 0 Å². The topological polar surface area (TPSA) is 15.3 Å². The number of benzene rings is 2. The van der Waals surface area contributed by atoms with Crippen molar-refractivity contribution < 1.29 is 0 Å². The largest absolute Gasteiger partial charge is 0.384 e. The molecular weight excluding hydrogens is 340 g/mol. The van der Waals surface area contributed by atoms with E-state index in [0.717, 1.165) is 6.54 Å². The molecule has 0 aliphatic rings. The first-order valence-corrected chi connectivity index (χ1v) is 10.7. The maximum atomic E-state index is 3.47. The second-order valence-corrected chi connectivity index (χ2v) is 7.24. The molecule has 2 heteroatoms. The van der Waals surface area contributed by atoms with Crippen molar-refractivity contribution in [2.45, 2.75) is 62.3 Å². The summed E-state index contributed by atoms with van der Waals surface area (Å²) in [4.78, 5) is 2.31. The van der Waals surface area contributed by atoms with E-state index in [-0.39, 0.29) is 5.41 Å². The van der Waals surface area contributed by atoms with Gasteiger partial charge in [0.15, 0.2) is 0 Å². The molecule has 0 fully saturated rings. The smallest absolute Gasteiger partial charge is 0.0641 e. The molecule has 0 heterocycles. The highest BCUT2D eigenvalue weighted by Gasteiger charge is 2.23. The summed E-state index contributed by atoms with van der Waals surface area (Å²) in [6.07, 6.45) is 2.32. The number of para-hydroxylation sites is 2. The lowest BCUT2D eigenvalue weighted by Crippen LogP contribution is -2.27. The third kappa shape index (κ3) is 7.42. The van der Waals surface area contributed by atoms with Gasteiger partial charge in [0.05, 0.1) is 11.4 Å². The van der Waals surface area contributed by atoms with Crippen molar-refractivity contribution in [1.29, 1.82) is 0 Å². The van der Waals surface area contributed by atoms with Crippen LogP contribution in [0.4, 0.5) is 11.4 Å². The molecule has 0 spiro atoms. The molecule has 2 aromatic carbocycles. The normalized spacial score (nSPS) is 10.9. The quantitative estimate of drug-likeness (QED) is 0.563. The molecule has 156 valence electrons. The second kappa shape index (κ2) is 13.0. The number of anilines is 2. The van der Waals surface area contributed by atoms with Crippen molar-refractivity contribution in [3.63, 3.8) is 0 Å². The van der Waals surface area contributed by atoms with Gasteiger partial charge in [-0.3, -0.25) is 0 Å². The van der Waals surface area contributed by atoms with E-state index in [2.05, 4.69) is 106 Å². The fourth-order valence-corrected chi connectivity index (χ4v) is 2.95. The molecule has 0 atom stereocenters. The van der Waals surface area contributed by atoms with Crippen LogP contribution < -0.4 is 10.2 Å². The molecule has 28 heavy (non-hydrogen) atoms. The van der Waals surface area contributed by atoms with Crippen molar-refractivity contribution in [2.24, 2.45) is 5.41 Å². The molecule has 2 rings (SSSR count). The Morgan fingerprint density at radius 1 is 0.929 bits per heavy atom. The number of rotatable bonds is 5. The highest BCUT2D eigenvalue weighted by molar-refractivity contribution is 5.74. The summed E-state index contributed by atoms with van der Waals surface area (Å²) in [5.41, 5.74) is 6.28. The molecule has 0 aliphatic carbocycles. The zero-order valence-electron chi connectivity index (χ0n) is 19.9. The standard InChI is InChI=1S/C22H30N2.2C2H6/c1-7-23-19-14-10-11-15-20(19)24(6)21(22(3,4)5)16-18-13-9-8-12-17(18)2;2*1-2/h8-16,23H,7H2,1-6H3;2*1-2H3/b21-16-;;. The van der Waals surface area contributed by atoms with E-state index in [0.29, 0.717) is 0 Å². The summed E-state index contributed by atoms with van der Waals surface area (Å²) < 4.78 is 0. The minimum Gasteiger partial charge on any atom is -0.384 e. The van der Waals surface area contributed by atoms with Crippen LogP contribution in [-0.4, -0.2) is 13.6 Å². The highest BCUT2D eigenvalue weighted by Crippen LogP contribution is 2.36. The lowest BCUT2D eigenvalue weighted by molar-refractivity contribution is 0.494. The lowest BCUT2D eigenvalue weighted by Gasteiger charge is -2.34. The van der Waals surface area contributed by atoms with Gasteiger partial charge in [-0.15, -0.1) is 0 Å². The molecule has 0 aliphatic heterocycles. The van der Waals surface area contributed by atoms with E-state index < -0.39 is 0 Å². The minimum absolute atomic E-state index is 0.0381. The lowest BCUT2D eigenvalue weighted by atomic mass is 9.88. The van der Waals surface area contributed by atoms with E-state index in [1.54, 1.807) is 0 Å². The van der Waals surface area contributed by atoms with Crippen molar-refractivity contribution >= 4 is 17.5 Å². The Morgan fingerprint density at radius 3 is 2.00 bits per heavy atom. The summed E-state index contributed by atoms with van der Waals surface area (Å²) in [6.45, 7) is 20.0. The molecule has 2 nitrogen and oxygen atoms in total. The van der Waals surface area contributed by atoms with Gasteiger partial charge >= 0.3 is 0 Å². The summed E-state index contributed by atoms with van der Waals surface area (Å²) in [5.74, 6) is 0. The average molecular weight is 383 g/mol. The Bertz CT molecular complexity index is 708. The van der Waals surface area contributed by atoms with Crippen LogP contribution in [0.2, 0.25) is 0 Å². The van der Waals surface area contributed by atoms with E-state index in [9.17, 15) is 0 Å². The molecule has 0 amide bonds. The van der Waals surface area contributed by atoms with Gasteiger partial charge in [0.2, 0.25) is 0 Å². The van der Waals surface area contributed by atoms with Gasteiger partial charge in [0.25, 0.3) is 0 Å². The zero-order chi connectivity index (χ0) is 21.7. The number of nitrogens with one attached hydrogen (secondary N) is 1. The Hall–Kier alpha value is -2.22. The van der Waals surface area contributed by atoms with Crippen molar-refractivity contribution in [3.05, 3.63) is 65.4 Å². The van der Waals surface area contributed by atoms with Gasteiger partial charge in [-0.2, -0.15) is 0 Å². The van der Waals surface area contributed by atoms with E-state index in [1.807, 2.05) is 27.7 Å². The molecule has 0 unspecified atom stereocenters. The molecule has 0 bridgehead atoms. The van der Waals surface area contributed by atoms with Crippen LogP contribution in [0, 0.1) is 12.3 Å². The van der Waals surface area contributed by atoms with Gasteiger partial charge < -0.3 is 10.2 Å². The van der Waals surface area contributed by atoms with Crippen LogP contribution >= 0.6 is 0 Å². The summed E-state index contributed by atoms with van der Waals surface area (Å²) in [6, 6.07) is 17.0. The van der Waals surface area contributed by atoms with Crippen molar-refractivity contribution in [3.8, 4) is 0 Å². The molecule has 0 radical (unpaired) electrons. The zero-order valence-corrected chi connectivity index (χ0v) is 19.9. The Morgan fingerprint density at radius 2 is 1.46 bits per heavy atom. The van der Waals surface area contributed by atoms with Crippen LogP contribution in [0.1, 0.15) is 66.5 Å². The summed E-state index contributed by atoms with van der Waals surface area (Å²) in [7, 11) is 2.16. The van der Waals surface area contributed by atoms with Crippen LogP contribution in [0.25, 0.3) is 6.08 Å². The maximum Gasteiger partial charge on any atom is 0.0641 e. The SMILES string of the molecule is CC.CC.CCNc1ccccc1N(C)/C(=C\c1ccccc1C)C(C)(C)C. The maximum absolute atomic E-state index is 3.47. The summed E-state index contributed by atoms with van der Waals surface area (Å²) in [5, 5.41) is 3.47. The first-order chi connectivity index (χ1) is 13.3. The van der Waals surface area contributed by atoms with E-state index >= 15 is 0 Å². The van der Waals surface area contributed by atoms with Crippen LogP contribution in [-0.2, 0) is 0 Å². The average Bonchev–Trinajstić information content (AvgIpc) is 2.70. The van der Waals surface area contributed by atoms with Crippen molar-refractivity contribution in [2.75, 3.05) is 23.8 Å². The number of nitrogens with zero attached hydrogens (tertiary/aromatic N) is 1. The highest BCUT2D eigenvalue weighted by atomic mass is 15.1. The van der Waals surface area contributed by atoms with Crippen LogP contribution in [0.5, 0.6) is 0 Å². The van der Waals surface area contributed by atoms with E-state index in [4.69, 9.17) is 0 Å². The van der Waals surface area contributed by atoms with Gasteiger partial charge in [0, 0.05) is 24.7 Å². The Labute approximate surface area is 174 Å².